The van der Waals surface area contributed by atoms with Crippen LogP contribution in [0.5, 0.6) is 5.75 Å². The van der Waals surface area contributed by atoms with Gasteiger partial charge in [0, 0.05) is 30.9 Å². The van der Waals surface area contributed by atoms with Gasteiger partial charge in [-0.25, -0.2) is 0 Å². The van der Waals surface area contributed by atoms with Crippen molar-refractivity contribution in [3.8, 4) is 5.75 Å². The molecule has 1 atom stereocenters. The van der Waals surface area contributed by atoms with Gasteiger partial charge in [-0.05, 0) is 19.9 Å². The number of hydrogen-bond acceptors (Lipinski definition) is 5. The molecule has 1 aromatic heterocycles. The van der Waals surface area contributed by atoms with Gasteiger partial charge in [0.15, 0.2) is 0 Å². The second-order valence-electron chi connectivity index (χ2n) is 4.88. The van der Waals surface area contributed by atoms with E-state index in [4.69, 9.17) is 9.47 Å². The highest BCUT2D eigenvalue weighted by atomic mass is 16.5. The van der Waals surface area contributed by atoms with Crippen molar-refractivity contribution in [3.05, 3.63) is 23.5 Å². The van der Waals surface area contributed by atoms with E-state index in [1.807, 2.05) is 19.1 Å². The largest absolute Gasteiger partial charge is 0.497 e. The number of ether oxygens (including phenoxy) is 2. The molecule has 0 spiro atoms. The molecule has 0 aromatic carbocycles. The fraction of sp³-hybridized carbons (Fsp3) is 0.571. The standard InChI is InChI=1S/C14H20N2O3/c1-10-6-13(18-2)7-12(15-10)9-16-5-4-11(8-16)14(17)19-3/h6-7,11H,4-5,8-9H2,1-3H3. The van der Waals surface area contributed by atoms with Crippen LogP contribution in [0.2, 0.25) is 0 Å². The molecule has 1 aliphatic heterocycles. The quantitative estimate of drug-likeness (QED) is 0.769. The Balaban J connectivity index is 1.99. The van der Waals surface area contributed by atoms with Crippen molar-refractivity contribution in [2.45, 2.75) is 19.9 Å². The second-order valence-corrected chi connectivity index (χ2v) is 4.88. The number of carbonyl (C=O) groups excluding carboxylic acids is 1. The maximum atomic E-state index is 11.5. The van der Waals surface area contributed by atoms with Crippen LogP contribution in [-0.4, -0.2) is 43.2 Å². The molecule has 0 amide bonds. The zero-order chi connectivity index (χ0) is 13.8. The van der Waals surface area contributed by atoms with Gasteiger partial charge in [-0.1, -0.05) is 0 Å². The summed E-state index contributed by atoms with van der Waals surface area (Å²) in [6, 6.07) is 3.85. The highest BCUT2D eigenvalue weighted by molar-refractivity contribution is 5.72. The number of carbonyl (C=O) groups is 1. The molecule has 2 heterocycles. The molecule has 0 N–H and O–H groups in total. The Morgan fingerprint density at radius 2 is 2.26 bits per heavy atom. The van der Waals surface area contributed by atoms with Crippen LogP contribution in [0.4, 0.5) is 0 Å². The van der Waals surface area contributed by atoms with Crippen LogP contribution in [-0.2, 0) is 16.1 Å². The SMILES string of the molecule is COC(=O)C1CCN(Cc2cc(OC)cc(C)n2)C1. The van der Waals surface area contributed by atoms with E-state index < -0.39 is 0 Å². The highest BCUT2D eigenvalue weighted by Crippen LogP contribution is 2.21. The van der Waals surface area contributed by atoms with Gasteiger partial charge in [0.2, 0.25) is 0 Å². The van der Waals surface area contributed by atoms with E-state index in [9.17, 15) is 4.79 Å². The molecule has 0 aliphatic carbocycles. The lowest BCUT2D eigenvalue weighted by atomic mass is 10.1. The van der Waals surface area contributed by atoms with Crippen LogP contribution < -0.4 is 4.74 Å². The van der Waals surface area contributed by atoms with Crippen molar-refractivity contribution in [1.29, 1.82) is 0 Å². The number of aryl methyl sites for hydroxylation is 1. The number of pyridine rings is 1. The van der Waals surface area contributed by atoms with Gasteiger partial charge in [-0.2, -0.15) is 0 Å². The topological polar surface area (TPSA) is 51.7 Å². The number of nitrogens with zero attached hydrogens (tertiary/aromatic N) is 2. The van der Waals surface area contributed by atoms with Crippen molar-refractivity contribution in [2.24, 2.45) is 5.92 Å². The van der Waals surface area contributed by atoms with E-state index in [0.29, 0.717) is 0 Å². The summed E-state index contributed by atoms with van der Waals surface area (Å²) in [6.07, 6.45) is 0.857. The van der Waals surface area contributed by atoms with Crippen molar-refractivity contribution in [3.63, 3.8) is 0 Å². The predicted molar refractivity (Wildman–Crippen MR) is 70.9 cm³/mol. The lowest BCUT2D eigenvalue weighted by Gasteiger charge is -2.15. The molecule has 1 aliphatic rings. The lowest BCUT2D eigenvalue weighted by Crippen LogP contribution is -2.24. The maximum absolute atomic E-state index is 11.5. The summed E-state index contributed by atoms with van der Waals surface area (Å²) in [7, 11) is 3.10. The third-order valence-electron chi connectivity index (χ3n) is 3.41. The van der Waals surface area contributed by atoms with Gasteiger partial charge in [0.05, 0.1) is 25.8 Å². The fourth-order valence-corrected chi connectivity index (χ4v) is 2.47. The predicted octanol–water partition coefficient (Wildman–Crippen LogP) is 1.39. The monoisotopic (exact) mass is 264 g/mol. The number of methoxy groups -OCH3 is 2. The third kappa shape index (κ3) is 3.44. The summed E-state index contributed by atoms with van der Waals surface area (Å²) >= 11 is 0. The van der Waals surface area contributed by atoms with Crippen LogP contribution in [0.15, 0.2) is 12.1 Å². The fourth-order valence-electron chi connectivity index (χ4n) is 2.47. The first-order valence-corrected chi connectivity index (χ1v) is 6.44. The number of aromatic nitrogens is 1. The van der Waals surface area contributed by atoms with Gasteiger partial charge in [0.1, 0.15) is 5.75 Å². The summed E-state index contributed by atoms with van der Waals surface area (Å²) in [5.41, 5.74) is 1.92. The molecular weight excluding hydrogens is 244 g/mol. The molecule has 1 saturated heterocycles. The summed E-state index contributed by atoms with van der Waals surface area (Å²) < 4.78 is 10.0. The van der Waals surface area contributed by atoms with E-state index >= 15 is 0 Å². The molecular formula is C14H20N2O3. The Kier molecular flexibility index (Phi) is 4.37. The zero-order valence-corrected chi connectivity index (χ0v) is 11.7. The Labute approximate surface area is 113 Å². The van der Waals surface area contributed by atoms with E-state index in [1.54, 1.807) is 7.11 Å². The van der Waals surface area contributed by atoms with Crippen LogP contribution in [0.3, 0.4) is 0 Å². The van der Waals surface area contributed by atoms with Gasteiger partial charge < -0.3 is 9.47 Å². The minimum absolute atomic E-state index is 0.00305. The Morgan fingerprint density at radius 1 is 1.47 bits per heavy atom. The molecule has 1 unspecified atom stereocenters. The van der Waals surface area contributed by atoms with Gasteiger partial charge in [0.25, 0.3) is 0 Å². The summed E-state index contributed by atoms with van der Waals surface area (Å²) in [5.74, 6) is 0.709. The van der Waals surface area contributed by atoms with Crippen LogP contribution >= 0.6 is 0 Å². The molecule has 0 radical (unpaired) electrons. The number of rotatable bonds is 4. The highest BCUT2D eigenvalue weighted by Gasteiger charge is 2.29. The second kappa shape index (κ2) is 6.02. The molecule has 104 valence electrons. The van der Waals surface area contributed by atoms with Gasteiger partial charge >= 0.3 is 5.97 Å². The minimum atomic E-state index is -0.114. The zero-order valence-electron chi connectivity index (χ0n) is 11.7. The maximum Gasteiger partial charge on any atom is 0.310 e. The Hall–Kier alpha value is -1.62. The molecule has 0 saturated carbocycles. The van der Waals surface area contributed by atoms with Crippen molar-refractivity contribution in [1.82, 2.24) is 9.88 Å². The molecule has 19 heavy (non-hydrogen) atoms. The van der Waals surface area contributed by atoms with Crippen LogP contribution in [0, 0.1) is 12.8 Å². The van der Waals surface area contributed by atoms with Crippen molar-refractivity contribution >= 4 is 5.97 Å². The average molecular weight is 264 g/mol. The van der Waals surface area contributed by atoms with Crippen LogP contribution in [0.25, 0.3) is 0 Å². The van der Waals surface area contributed by atoms with E-state index in [2.05, 4.69) is 9.88 Å². The lowest BCUT2D eigenvalue weighted by molar-refractivity contribution is -0.144. The molecule has 1 aromatic rings. The van der Waals surface area contributed by atoms with Crippen molar-refractivity contribution < 1.29 is 14.3 Å². The summed E-state index contributed by atoms with van der Waals surface area (Å²) in [5, 5.41) is 0. The normalized spacial score (nSPS) is 19.4. The number of esters is 1. The minimum Gasteiger partial charge on any atom is -0.497 e. The Bertz CT molecular complexity index is 462. The van der Waals surface area contributed by atoms with E-state index in [-0.39, 0.29) is 11.9 Å². The first-order chi connectivity index (χ1) is 9.12. The third-order valence-corrected chi connectivity index (χ3v) is 3.41. The molecule has 2 rings (SSSR count). The Morgan fingerprint density at radius 3 is 2.95 bits per heavy atom. The van der Waals surface area contributed by atoms with Gasteiger partial charge in [-0.3, -0.25) is 14.7 Å². The molecule has 5 nitrogen and oxygen atoms in total. The summed E-state index contributed by atoms with van der Waals surface area (Å²) in [4.78, 5) is 18.2. The number of likely N-dealkylation sites (tertiary alicyclic amines) is 1. The average Bonchev–Trinajstić information content (AvgIpc) is 2.85. The van der Waals surface area contributed by atoms with E-state index in [1.165, 1.54) is 7.11 Å². The molecule has 0 bridgehead atoms. The molecule has 5 heteroatoms. The number of hydrogen-bond donors (Lipinski definition) is 0. The van der Waals surface area contributed by atoms with Crippen LogP contribution in [0.1, 0.15) is 17.8 Å². The smallest absolute Gasteiger partial charge is 0.310 e. The van der Waals surface area contributed by atoms with Crippen molar-refractivity contribution in [2.75, 3.05) is 27.3 Å². The van der Waals surface area contributed by atoms with E-state index in [0.717, 1.165) is 43.2 Å². The first kappa shape index (κ1) is 13.8. The molecule has 1 fully saturated rings. The first-order valence-electron chi connectivity index (χ1n) is 6.44. The summed E-state index contributed by atoms with van der Waals surface area (Å²) in [6.45, 7) is 4.33. The van der Waals surface area contributed by atoms with Gasteiger partial charge in [-0.15, -0.1) is 0 Å².